The Kier molecular flexibility index (Phi) is 6.71. The fraction of sp³-hybridized carbons (Fsp3) is 0.500. The van der Waals surface area contributed by atoms with Crippen LogP contribution in [0.1, 0.15) is 38.8 Å². The van der Waals surface area contributed by atoms with Crippen LogP contribution in [0, 0.1) is 35.8 Å². The number of hydrogen-bond acceptors (Lipinski definition) is 6. The molecule has 0 atom stereocenters. The van der Waals surface area contributed by atoms with Crippen LogP contribution >= 0.6 is 0 Å². The van der Waals surface area contributed by atoms with E-state index in [1.807, 2.05) is 36.9 Å². The highest BCUT2D eigenvalue weighted by atomic mass is 16.6. The van der Waals surface area contributed by atoms with Crippen molar-refractivity contribution < 1.29 is 9.66 Å². The number of ether oxygens (including phenoxy) is 1. The number of nitro groups is 1. The van der Waals surface area contributed by atoms with Crippen molar-refractivity contribution in [2.75, 3.05) is 18.0 Å². The van der Waals surface area contributed by atoms with Gasteiger partial charge in [0.1, 0.15) is 12.1 Å². The second-order valence-electron chi connectivity index (χ2n) is 7.73. The Bertz CT molecular complexity index is 776. The summed E-state index contributed by atoms with van der Waals surface area (Å²) >= 11 is 0. The summed E-state index contributed by atoms with van der Waals surface area (Å²) in [6.45, 7) is 13.5. The van der Waals surface area contributed by atoms with Crippen molar-refractivity contribution in [1.82, 2.24) is 9.97 Å². The zero-order valence-electron chi connectivity index (χ0n) is 16.9. The standard InChI is InChI=1S/C20H28N4O3/c1-13(2)10-23(11-14(3)4)19-18(24(25)26)20(22-12-21-19)27-17-8-15(5)7-16(6)9-17/h7-9,12-14H,10-11H2,1-6H3. The van der Waals surface area contributed by atoms with Gasteiger partial charge in [0.15, 0.2) is 0 Å². The highest BCUT2D eigenvalue weighted by Gasteiger charge is 2.29. The van der Waals surface area contributed by atoms with Crippen molar-refractivity contribution in [2.24, 2.45) is 11.8 Å². The van der Waals surface area contributed by atoms with Crippen LogP contribution in [0.25, 0.3) is 0 Å². The summed E-state index contributed by atoms with van der Waals surface area (Å²) in [5.74, 6) is 1.47. The zero-order chi connectivity index (χ0) is 20.1. The van der Waals surface area contributed by atoms with Gasteiger partial charge in [-0.05, 0) is 48.9 Å². The van der Waals surface area contributed by atoms with Crippen LogP contribution in [0.5, 0.6) is 11.6 Å². The van der Waals surface area contributed by atoms with Crippen LogP contribution in [0.3, 0.4) is 0 Å². The fourth-order valence-corrected chi connectivity index (χ4v) is 3.05. The molecule has 2 rings (SSSR count). The molecule has 0 N–H and O–H groups in total. The summed E-state index contributed by atoms with van der Waals surface area (Å²) in [6.07, 6.45) is 1.33. The molecule has 146 valence electrons. The molecular weight excluding hydrogens is 344 g/mol. The van der Waals surface area contributed by atoms with Gasteiger partial charge in [-0.3, -0.25) is 10.1 Å². The lowest BCUT2D eigenvalue weighted by Crippen LogP contribution is -2.32. The molecule has 0 radical (unpaired) electrons. The van der Waals surface area contributed by atoms with Gasteiger partial charge in [-0.1, -0.05) is 33.8 Å². The molecular formula is C20H28N4O3. The number of anilines is 1. The minimum absolute atomic E-state index is 0.0347. The van der Waals surface area contributed by atoms with Crippen molar-refractivity contribution in [2.45, 2.75) is 41.5 Å². The number of nitrogens with zero attached hydrogens (tertiary/aromatic N) is 4. The average molecular weight is 372 g/mol. The summed E-state index contributed by atoms with van der Waals surface area (Å²) in [4.78, 5) is 21.6. The van der Waals surface area contributed by atoms with Crippen LogP contribution in [-0.2, 0) is 0 Å². The SMILES string of the molecule is Cc1cc(C)cc(Oc2ncnc(N(CC(C)C)CC(C)C)c2[N+](=O)[O-])c1. The Morgan fingerprint density at radius 1 is 1.04 bits per heavy atom. The number of rotatable bonds is 8. The number of benzene rings is 1. The van der Waals surface area contributed by atoms with Gasteiger partial charge in [-0.25, -0.2) is 4.98 Å². The number of hydrogen-bond donors (Lipinski definition) is 0. The van der Waals surface area contributed by atoms with E-state index in [9.17, 15) is 10.1 Å². The highest BCUT2D eigenvalue weighted by Crippen LogP contribution is 2.37. The van der Waals surface area contributed by atoms with E-state index in [1.54, 1.807) is 0 Å². The quantitative estimate of drug-likeness (QED) is 0.483. The Morgan fingerprint density at radius 3 is 2.07 bits per heavy atom. The second-order valence-corrected chi connectivity index (χ2v) is 7.73. The van der Waals surface area contributed by atoms with Gasteiger partial charge < -0.3 is 9.64 Å². The van der Waals surface area contributed by atoms with Gasteiger partial charge in [-0.2, -0.15) is 4.98 Å². The highest BCUT2D eigenvalue weighted by molar-refractivity contribution is 5.63. The Hall–Kier alpha value is -2.70. The second kappa shape index (κ2) is 8.79. The molecule has 0 amide bonds. The monoisotopic (exact) mass is 372 g/mol. The van der Waals surface area contributed by atoms with Crippen LogP contribution in [0.15, 0.2) is 24.5 Å². The fourth-order valence-electron chi connectivity index (χ4n) is 3.05. The lowest BCUT2D eigenvalue weighted by molar-refractivity contribution is -0.385. The normalized spacial score (nSPS) is 11.1. The first-order valence-electron chi connectivity index (χ1n) is 9.17. The first-order chi connectivity index (χ1) is 12.7. The Morgan fingerprint density at radius 2 is 1.59 bits per heavy atom. The maximum atomic E-state index is 11.9. The van der Waals surface area contributed by atoms with E-state index in [-0.39, 0.29) is 11.6 Å². The van der Waals surface area contributed by atoms with E-state index < -0.39 is 4.92 Å². The van der Waals surface area contributed by atoms with Crippen molar-refractivity contribution in [1.29, 1.82) is 0 Å². The lowest BCUT2D eigenvalue weighted by atomic mass is 10.1. The molecule has 7 nitrogen and oxygen atoms in total. The van der Waals surface area contributed by atoms with E-state index in [0.717, 1.165) is 11.1 Å². The molecule has 0 fully saturated rings. The van der Waals surface area contributed by atoms with Gasteiger partial charge in [-0.15, -0.1) is 0 Å². The summed E-state index contributed by atoms with van der Waals surface area (Å²) < 4.78 is 5.81. The molecule has 1 aromatic heterocycles. The maximum Gasteiger partial charge on any atom is 0.373 e. The first-order valence-corrected chi connectivity index (χ1v) is 9.17. The predicted molar refractivity (Wildman–Crippen MR) is 107 cm³/mol. The van der Waals surface area contributed by atoms with Crippen LogP contribution in [-0.4, -0.2) is 28.0 Å². The predicted octanol–water partition coefficient (Wildman–Crippen LogP) is 4.91. The Labute approximate surface area is 160 Å². The molecule has 27 heavy (non-hydrogen) atoms. The minimum Gasteiger partial charge on any atom is -0.434 e. The third-order valence-corrected chi connectivity index (χ3v) is 3.83. The molecule has 0 aliphatic heterocycles. The molecule has 0 unspecified atom stereocenters. The summed E-state index contributed by atoms with van der Waals surface area (Å²) in [7, 11) is 0. The molecule has 7 heteroatoms. The van der Waals surface area contributed by atoms with Crippen molar-refractivity contribution in [3.05, 3.63) is 45.8 Å². The van der Waals surface area contributed by atoms with Crippen molar-refractivity contribution in [3.8, 4) is 11.6 Å². The molecule has 0 aliphatic rings. The summed E-state index contributed by atoms with van der Waals surface area (Å²) in [5.41, 5.74) is 1.84. The van der Waals surface area contributed by atoms with Gasteiger partial charge in [0.2, 0.25) is 5.82 Å². The molecule has 0 aliphatic carbocycles. The third kappa shape index (κ3) is 5.64. The lowest BCUT2D eigenvalue weighted by Gasteiger charge is -2.27. The van der Waals surface area contributed by atoms with Crippen LogP contribution in [0.4, 0.5) is 11.5 Å². The van der Waals surface area contributed by atoms with E-state index in [1.165, 1.54) is 6.33 Å². The van der Waals surface area contributed by atoms with Gasteiger partial charge in [0, 0.05) is 13.1 Å². The van der Waals surface area contributed by atoms with Crippen molar-refractivity contribution in [3.63, 3.8) is 0 Å². The number of aromatic nitrogens is 2. The molecule has 2 aromatic rings. The van der Waals surface area contributed by atoms with E-state index >= 15 is 0 Å². The molecule has 0 saturated heterocycles. The van der Waals surface area contributed by atoms with Gasteiger partial charge in [0.25, 0.3) is 0 Å². The van der Waals surface area contributed by atoms with Gasteiger partial charge >= 0.3 is 11.6 Å². The maximum absolute atomic E-state index is 11.9. The molecule has 0 spiro atoms. The number of aryl methyl sites for hydroxylation is 2. The largest absolute Gasteiger partial charge is 0.434 e. The molecule has 0 saturated carbocycles. The average Bonchev–Trinajstić information content (AvgIpc) is 2.51. The summed E-state index contributed by atoms with van der Waals surface area (Å²) in [5, 5.41) is 11.9. The van der Waals surface area contributed by atoms with Crippen LogP contribution in [0.2, 0.25) is 0 Å². The van der Waals surface area contributed by atoms with Crippen LogP contribution < -0.4 is 9.64 Å². The van der Waals surface area contributed by atoms with E-state index in [0.29, 0.717) is 36.5 Å². The third-order valence-electron chi connectivity index (χ3n) is 3.83. The van der Waals surface area contributed by atoms with E-state index in [4.69, 9.17) is 4.74 Å². The van der Waals surface area contributed by atoms with E-state index in [2.05, 4.69) is 37.7 Å². The molecule has 0 bridgehead atoms. The first kappa shape index (κ1) is 20.6. The smallest absolute Gasteiger partial charge is 0.373 e. The zero-order valence-corrected chi connectivity index (χ0v) is 16.9. The molecule has 1 aromatic carbocycles. The topological polar surface area (TPSA) is 81.4 Å². The van der Waals surface area contributed by atoms with Crippen molar-refractivity contribution >= 4 is 11.5 Å². The van der Waals surface area contributed by atoms with Gasteiger partial charge in [0.05, 0.1) is 4.92 Å². The molecule has 1 heterocycles. The minimum atomic E-state index is -0.457. The summed E-state index contributed by atoms with van der Waals surface area (Å²) in [6, 6.07) is 5.68. The Balaban J connectivity index is 2.50.